The maximum atomic E-state index is 5.44. The zero-order chi connectivity index (χ0) is 11.4. The van der Waals surface area contributed by atoms with E-state index in [-0.39, 0.29) is 6.04 Å². The Bertz CT molecular complexity index is 463. The summed E-state index contributed by atoms with van der Waals surface area (Å²) in [6, 6.07) is 0.157. The van der Waals surface area contributed by atoms with Crippen LogP contribution in [0.1, 0.15) is 25.5 Å². The summed E-state index contributed by atoms with van der Waals surface area (Å²) >= 11 is 1.64. The van der Waals surface area contributed by atoms with Crippen molar-refractivity contribution < 1.29 is 0 Å². The number of thiazole rings is 1. The number of rotatable bonds is 5. The smallest absolute Gasteiger partial charge is 0.193 e. The van der Waals surface area contributed by atoms with Crippen LogP contribution in [-0.2, 0) is 6.54 Å². The Labute approximate surface area is 99.5 Å². The summed E-state index contributed by atoms with van der Waals surface area (Å²) in [6.07, 6.45) is 11.6. The normalized spacial score (nSPS) is 12.8. The first kappa shape index (κ1) is 11.2. The Hall–Kier alpha value is -1.31. The van der Waals surface area contributed by atoms with Gasteiger partial charge in [0.15, 0.2) is 4.96 Å². The lowest BCUT2D eigenvalue weighted by atomic mass is 10.2. The summed E-state index contributed by atoms with van der Waals surface area (Å²) in [5.74, 6) is 2.76. The van der Waals surface area contributed by atoms with Gasteiger partial charge in [0.05, 0.1) is 11.7 Å². The fourth-order valence-electron chi connectivity index (χ4n) is 1.62. The standard InChI is InChI=1S/C12H15N3S/c1-3-5-10(4-2)13-8-11-9-15-6-7-16-12(15)14-11/h2,6-7,9-10,13H,3,5,8H2,1H3. The Balaban J connectivity index is 1.95. The highest BCUT2D eigenvalue weighted by atomic mass is 32.1. The minimum absolute atomic E-state index is 0.157. The topological polar surface area (TPSA) is 29.3 Å². The quantitative estimate of drug-likeness (QED) is 0.803. The molecule has 16 heavy (non-hydrogen) atoms. The molecule has 0 bridgehead atoms. The van der Waals surface area contributed by atoms with Crippen LogP contribution in [0.2, 0.25) is 0 Å². The van der Waals surface area contributed by atoms with Crippen LogP contribution in [-0.4, -0.2) is 15.4 Å². The second-order valence-electron chi connectivity index (χ2n) is 3.71. The Kier molecular flexibility index (Phi) is 3.60. The molecule has 3 nitrogen and oxygen atoms in total. The molecule has 0 fully saturated rings. The third kappa shape index (κ3) is 2.43. The van der Waals surface area contributed by atoms with E-state index in [1.807, 2.05) is 22.2 Å². The predicted octanol–water partition coefficient (Wildman–Crippen LogP) is 2.29. The maximum absolute atomic E-state index is 5.44. The monoisotopic (exact) mass is 233 g/mol. The molecule has 2 aromatic rings. The molecule has 84 valence electrons. The summed E-state index contributed by atoms with van der Waals surface area (Å²) in [7, 11) is 0. The van der Waals surface area contributed by atoms with Crippen molar-refractivity contribution in [1.82, 2.24) is 14.7 Å². The average molecular weight is 233 g/mol. The number of hydrogen-bond donors (Lipinski definition) is 1. The fourth-order valence-corrected chi connectivity index (χ4v) is 2.34. The van der Waals surface area contributed by atoms with E-state index in [0.29, 0.717) is 0 Å². The third-order valence-corrected chi connectivity index (χ3v) is 3.22. The third-order valence-electron chi connectivity index (χ3n) is 2.45. The highest BCUT2D eigenvalue weighted by Gasteiger charge is 2.05. The summed E-state index contributed by atoms with van der Waals surface area (Å²) in [6.45, 7) is 2.88. The van der Waals surface area contributed by atoms with Crippen LogP contribution in [0.15, 0.2) is 17.8 Å². The maximum Gasteiger partial charge on any atom is 0.193 e. The van der Waals surface area contributed by atoms with Crippen molar-refractivity contribution in [1.29, 1.82) is 0 Å². The number of nitrogens with zero attached hydrogens (tertiary/aromatic N) is 2. The van der Waals surface area contributed by atoms with Crippen molar-refractivity contribution >= 4 is 16.3 Å². The van der Waals surface area contributed by atoms with Gasteiger partial charge in [0.25, 0.3) is 0 Å². The van der Waals surface area contributed by atoms with Gasteiger partial charge in [-0.05, 0) is 6.42 Å². The van der Waals surface area contributed by atoms with E-state index in [1.54, 1.807) is 11.3 Å². The molecule has 0 spiro atoms. The Morgan fingerprint density at radius 2 is 2.56 bits per heavy atom. The minimum atomic E-state index is 0.157. The predicted molar refractivity (Wildman–Crippen MR) is 67.4 cm³/mol. The Morgan fingerprint density at radius 1 is 1.69 bits per heavy atom. The second kappa shape index (κ2) is 5.15. The summed E-state index contributed by atoms with van der Waals surface area (Å²) in [4.78, 5) is 5.52. The van der Waals surface area contributed by atoms with Gasteiger partial charge in [-0.1, -0.05) is 19.3 Å². The van der Waals surface area contributed by atoms with Gasteiger partial charge in [-0.3, -0.25) is 9.72 Å². The first-order valence-electron chi connectivity index (χ1n) is 5.44. The summed E-state index contributed by atoms with van der Waals surface area (Å²) in [5.41, 5.74) is 1.04. The zero-order valence-corrected chi connectivity index (χ0v) is 10.1. The van der Waals surface area contributed by atoms with E-state index in [9.17, 15) is 0 Å². The molecule has 2 rings (SSSR count). The van der Waals surface area contributed by atoms with Crippen molar-refractivity contribution in [2.45, 2.75) is 32.4 Å². The summed E-state index contributed by atoms with van der Waals surface area (Å²) < 4.78 is 2.03. The van der Waals surface area contributed by atoms with Gasteiger partial charge in [-0.2, -0.15) is 0 Å². The van der Waals surface area contributed by atoms with Crippen LogP contribution >= 0.6 is 11.3 Å². The van der Waals surface area contributed by atoms with Crippen LogP contribution in [0.5, 0.6) is 0 Å². The lowest BCUT2D eigenvalue weighted by Crippen LogP contribution is -2.26. The van der Waals surface area contributed by atoms with E-state index < -0.39 is 0 Å². The number of hydrogen-bond acceptors (Lipinski definition) is 3. The Morgan fingerprint density at radius 3 is 3.25 bits per heavy atom. The van der Waals surface area contributed by atoms with Crippen molar-refractivity contribution in [3.8, 4) is 12.3 Å². The summed E-state index contributed by atoms with van der Waals surface area (Å²) in [5, 5.41) is 5.36. The van der Waals surface area contributed by atoms with Gasteiger partial charge < -0.3 is 0 Å². The lowest BCUT2D eigenvalue weighted by Gasteiger charge is -2.09. The average Bonchev–Trinajstić information content (AvgIpc) is 2.84. The molecule has 2 aromatic heterocycles. The van der Waals surface area contributed by atoms with Gasteiger partial charge in [0.1, 0.15) is 0 Å². The molecule has 0 radical (unpaired) electrons. The van der Waals surface area contributed by atoms with E-state index >= 15 is 0 Å². The molecular formula is C12H15N3S. The van der Waals surface area contributed by atoms with E-state index in [2.05, 4.69) is 23.1 Å². The molecule has 0 amide bonds. The van der Waals surface area contributed by atoms with Crippen LogP contribution in [0.3, 0.4) is 0 Å². The van der Waals surface area contributed by atoms with Crippen LogP contribution in [0, 0.1) is 12.3 Å². The number of terminal acetylenes is 1. The van der Waals surface area contributed by atoms with Crippen LogP contribution < -0.4 is 5.32 Å². The van der Waals surface area contributed by atoms with Gasteiger partial charge in [-0.25, -0.2) is 4.98 Å². The van der Waals surface area contributed by atoms with E-state index in [4.69, 9.17) is 6.42 Å². The van der Waals surface area contributed by atoms with Gasteiger partial charge in [0, 0.05) is 24.3 Å². The zero-order valence-electron chi connectivity index (χ0n) is 9.31. The first-order valence-corrected chi connectivity index (χ1v) is 6.32. The van der Waals surface area contributed by atoms with Crippen molar-refractivity contribution in [2.24, 2.45) is 0 Å². The highest BCUT2D eigenvalue weighted by Crippen LogP contribution is 2.11. The van der Waals surface area contributed by atoms with Gasteiger partial charge >= 0.3 is 0 Å². The SMILES string of the molecule is C#CC(CCC)NCc1cn2ccsc2n1. The molecule has 0 saturated heterocycles. The lowest BCUT2D eigenvalue weighted by molar-refractivity contribution is 0.558. The van der Waals surface area contributed by atoms with E-state index in [1.165, 1.54) is 0 Å². The largest absolute Gasteiger partial charge is 0.298 e. The van der Waals surface area contributed by atoms with Gasteiger partial charge in [0.2, 0.25) is 0 Å². The van der Waals surface area contributed by atoms with E-state index in [0.717, 1.165) is 30.0 Å². The molecule has 1 unspecified atom stereocenters. The van der Waals surface area contributed by atoms with Crippen molar-refractivity contribution in [3.05, 3.63) is 23.5 Å². The number of imidazole rings is 1. The van der Waals surface area contributed by atoms with Crippen molar-refractivity contribution in [3.63, 3.8) is 0 Å². The second-order valence-corrected chi connectivity index (χ2v) is 4.59. The molecular weight excluding hydrogens is 218 g/mol. The molecule has 1 N–H and O–H groups in total. The molecule has 1 atom stereocenters. The number of nitrogens with one attached hydrogen (secondary N) is 1. The molecule has 0 aliphatic heterocycles. The molecule has 0 saturated carbocycles. The first-order chi connectivity index (χ1) is 7.83. The fraction of sp³-hybridized carbons (Fsp3) is 0.417. The number of aromatic nitrogens is 2. The van der Waals surface area contributed by atoms with Crippen LogP contribution in [0.25, 0.3) is 4.96 Å². The molecule has 0 aliphatic carbocycles. The highest BCUT2D eigenvalue weighted by molar-refractivity contribution is 7.15. The molecule has 4 heteroatoms. The van der Waals surface area contributed by atoms with Crippen molar-refractivity contribution in [2.75, 3.05) is 0 Å². The molecule has 0 aliphatic rings. The molecule has 0 aromatic carbocycles. The van der Waals surface area contributed by atoms with Gasteiger partial charge in [-0.15, -0.1) is 17.8 Å². The minimum Gasteiger partial charge on any atom is -0.298 e. The number of fused-ring (bicyclic) bond motifs is 1. The molecule has 2 heterocycles. The van der Waals surface area contributed by atoms with Crippen LogP contribution in [0.4, 0.5) is 0 Å².